The number of carbonyl (C=O) groups excluding carboxylic acids is 1. The van der Waals surface area contributed by atoms with Gasteiger partial charge < -0.3 is 14.6 Å². The monoisotopic (exact) mass is 478 g/mol. The lowest BCUT2D eigenvalue weighted by Gasteiger charge is -2.11. The largest absolute Gasteiger partial charge is 0.488 e. The van der Waals surface area contributed by atoms with Crippen LogP contribution < -0.4 is 10.1 Å². The zero-order valence-corrected chi connectivity index (χ0v) is 20.7. The Balaban J connectivity index is 1.53. The molecule has 7 nitrogen and oxygen atoms in total. The molecule has 1 amide bonds. The number of anilines is 1. The fraction of sp³-hybridized carbons (Fsp3) is 0.269. The maximum Gasteiger partial charge on any atom is 0.278 e. The third kappa shape index (κ3) is 4.84. The second kappa shape index (κ2) is 9.73. The van der Waals surface area contributed by atoms with Crippen molar-refractivity contribution in [1.82, 2.24) is 14.9 Å². The zero-order valence-electron chi connectivity index (χ0n) is 19.9. The van der Waals surface area contributed by atoms with Crippen LogP contribution >= 0.6 is 11.6 Å². The quantitative estimate of drug-likeness (QED) is 0.355. The van der Waals surface area contributed by atoms with Gasteiger partial charge in [-0.1, -0.05) is 47.1 Å². The van der Waals surface area contributed by atoms with Crippen LogP contribution in [0.5, 0.6) is 5.75 Å². The average Bonchev–Trinajstić information content (AvgIpc) is 3.30. The molecule has 0 saturated heterocycles. The summed E-state index contributed by atoms with van der Waals surface area (Å²) in [6.45, 7) is 10.2. The van der Waals surface area contributed by atoms with Gasteiger partial charge in [-0.3, -0.25) is 9.48 Å². The first-order valence-corrected chi connectivity index (χ1v) is 11.4. The molecule has 4 rings (SSSR count). The fourth-order valence-corrected chi connectivity index (χ4v) is 3.94. The summed E-state index contributed by atoms with van der Waals surface area (Å²) in [5.41, 5.74) is 6.02. The first kappa shape index (κ1) is 23.6. The number of aryl methyl sites for hydroxylation is 4. The van der Waals surface area contributed by atoms with Gasteiger partial charge in [0.2, 0.25) is 0 Å². The van der Waals surface area contributed by atoms with E-state index in [0.717, 1.165) is 28.1 Å². The van der Waals surface area contributed by atoms with Crippen molar-refractivity contribution < 1.29 is 14.1 Å². The van der Waals surface area contributed by atoms with Gasteiger partial charge in [-0.25, -0.2) is 0 Å². The van der Waals surface area contributed by atoms with E-state index in [2.05, 4.69) is 15.6 Å². The van der Waals surface area contributed by atoms with E-state index < -0.39 is 0 Å². The Hall–Kier alpha value is -3.58. The first-order valence-electron chi connectivity index (χ1n) is 11.0. The van der Waals surface area contributed by atoms with Crippen molar-refractivity contribution in [3.8, 4) is 5.75 Å². The van der Waals surface area contributed by atoms with Gasteiger partial charge in [0.05, 0.1) is 29.2 Å². The molecule has 34 heavy (non-hydrogen) atoms. The predicted molar refractivity (Wildman–Crippen MR) is 132 cm³/mol. The molecule has 0 radical (unpaired) electrons. The van der Waals surface area contributed by atoms with Crippen LogP contribution in [0.1, 0.15) is 49.9 Å². The van der Waals surface area contributed by atoms with E-state index in [0.29, 0.717) is 34.3 Å². The van der Waals surface area contributed by atoms with Gasteiger partial charge in [0.25, 0.3) is 5.91 Å². The van der Waals surface area contributed by atoms with E-state index in [4.69, 9.17) is 20.9 Å². The van der Waals surface area contributed by atoms with Crippen molar-refractivity contribution in [3.05, 3.63) is 92.6 Å². The summed E-state index contributed by atoms with van der Waals surface area (Å²) in [4.78, 5) is 13.2. The van der Waals surface area contributed by atoms with E-state index in [1.807, 2.05) is 74.8 Å². The third-order valence-corrected chi connectivity index (χ3v) is 6.18. The number of benzene rings is 2. The van der Waals surface area contributed by atoms with Crippen LogP contribution in [0.2, 0.25) is 5.02 Å². The van der Waals surface area contributed by atoms with E-state index in [1.165, 1.54) is 0 Å². The number of hydrogen-bond donors (Lipinski definition) is 1. The third-order valence-electron chi connectivity index (χ3n) is 5.81. The van der Waals surface area contributed by atoms with Crippen molar-refractivity contribution in [2.45, 2.75) is 47.8 Å². The van der Waals surface area contributed by atoms with Crippen molar-refractivity contribution in [3.63, 3.8) is 0 Å². The van der Waals surface area contributed by atoms with E-state index >= 15 is 0 Å². The standard InChI is InChI=1S/C26H27ClN4O3/c1-15-10-11-16(2)23(12-15)33-14-21-19(5)34-30-25(21)26(32)28-24-17(3)29-31(18(24)4)13-20-8-6-7-9-22(20)27/h6-12H,13-14H2,1-5H3,(H,28,32). The Bertz CT molecular complexity index is 1360. The summed E-state index contributed by atoms with van der Waals surface area (Å²) in [6, 6.07) is 13.6. The van der Waals surface area contributed by atoms with Gasteiger partial charge in [0.15, 0.2) is 5.69 Å². The molecule has 2 heterocycles. The Kier molecular flexibility index (Phi) is 6.75. The Morgan fingerprint density at radius 2 is 1.88 bits per heavy atom. The number of halogens is 1. The van der Waals surface area contributed by atoms with Crippen LogP contribution in [0.4, 0.5) is 5.69 Å². The van der Waals surface area contributed by atoms with Crippen molar-refractivity contribution in [2.24, 2.45) is 0 Å². The number of nitrogens with one attached hydrogen (secondary N) is 1. The fourth-order valence-electron chi connectivity index (χ4n) is 3.74. The van der Waals surface area contributed by atoms with Crippen LogP contribution in [-0.2, 0) is 13.2 Å². The summed E-state index contributed by atoms with van der Waals surface area (Å²) in [5.74, 6) is 0.928. The van der Waals surface area contributed by atoms with Gasteiger partial charge in [-0.2, -0.15) is 5.10 Å². The van der Waals surface area contributed by atoms with Gasteiger partial charge >= 0.3 is 0 Å². The molecule has 2 aromatic carbocycles. The number of carbonyl (C=O) groups is 1. The minimum Gasteiger partial charge on any atom is -0.488 e. The molecular formula is C26H27ClN4O3. The number of nitrogens with zero attached hydrogens (tertiary/aromatic N) is 3. The van der Waals surface area contributed by atoms with Crippen molar-refractivity contribution >= 4 is 23.2 Å². The Morgan fingerprint density at radius 1 is 1.12 bits per heavy atom. The van der Waals surface area contributed by atoms with Gasteiger partial charge in [-0.15, -0.1) is 0 Å². The molecule has 176 valence electrons. The molecule has 0 aliphatic carbocycles. The SMILES string of the molecule is Cc1ccc(C)c(OCc2c(C(=O)Nc3c(C)nn(Cc4ccccc4Cl)c3C)noc2C)c1. The summed E-state index contributed by atoms with van der Waals surface area (Å²) in [5, 5.41) is 12.2. The molecule has 2 aromatic heterocycles. The van der Waals surface area contributed by atoms with E-state index in [-0.39, 0.29) is 18.2 Å². The number of aromatic nitrogens is 3. The second-order valence-corrected chi connectivity index (χ2v) is 8.78. The van der Waals surface area contributed by atoms with Crippen molar-refractivity contribution in [2.75, 3.05) is 5.32 Å². The molecule has 0 bridgehead atoms. The smallest absolute Gasteiger partial charge is 0.278 e. The molecule has 4 aromatic rings. The molecule has 0 atom stereocenters. The second-order valence-electron chi connectivity index (χ2n) is 8.37. The molecule has 0 fully saturated rings. The van der Waals surface area contributed by atoms with Gasteiger partial charge in [0, 0.05) is 5.02 Å². The Labute approximate surface area is 203 Å². The summed E-state index contributed by atoms with van der Waals surface area (Å²) >= 11 is 6.31. The first-order chi connectivity index (χ1) is 16.2. The molecule has 0 saturated carbocycles. The molecule has 0 unspecified atom stereocenters. The number of amides is 1. The lowest BCUT2D eigenvalue weighted by atomic mass is 10.1. The normalized spacial score (nSPS) is 11.0. The maximum atomic E-state index is 13.2. The van der Waals surface area contributed by atoms with Crippen LogP contribution in [-0.4, -0.2) is 20.8 Å². The number of rotatable bonds is 7. The summed E-state index contributed by atoms with van der Waals surface area (Å²) in [7, 11) is 0. The molecule has 0 aliphatic rings. The van der Waals surface area contributed by atoms with Gasteiger partial charge in [-0.05, 0) is 63.4 Å². The van der Waals surface area contributed by atoms with Crippen molar-refractivity contribution in [1.29, 1.82) is 0 Å². The average molecular weight is 479 g/mol. The van der Waals surface area contributed by atoms with Gasteiger partial charge in [0.1, 0.15) is 18.1 Å². The highest BCUT2D eigenvalue weighted by Crippen LogP contribution is 2.26. The number of hydrogen-bond acceptors (Lipinski definition) is 5. The van der Waals surface area contributed by atoms with Crippen LogP contribution in [0.15, 0.2) is 47.0 Å². The molecular weight excluding hydrogens is 452 g/mol. The van der Waals surface area contributed by atoms with E-state index in [1.54, 1.807) is 6.92 Å². The maximum absolute atomic E-state index is 13.2. The van der Waals surface area contributed by atoms with E-state index in [9.17, 15) is 4.79 Å². The lowest BCUT2D eigenvalue weighted by molar-refractivity contribution is 0.101. The van der Waals surface area contributed by atoms with Crippen LogP contribution in [0.25, 0.3) is 0 Å². The predicted octanol–water partition coefficient (Wildman–Crippen LogP) is 5.95. The highest BCUT2D eigenvalue weighted by molar-refractivity contribution is 6.31. The molecule has 0 spiro atoms. The summed E-state index contributed by atoms with van der Waals surface area (Å²) in [6.07, 6.45) is 0. The summed E-state index contributed by atoms with van der Waals surface area (Å²) < 4.78 is 13.2. The number of ether oxygens (including phenoxy) is 1. The molecule has 8 heteroatoms. The lowest BCUT2D eigenvalue weighted by Crippen LogP contribution is -2.16. The minimum absolute atomic E-state index is 0.173. The van der Waals surface area contributed by atoms with Crippen LogP contribution in [0, 0.1) is 34.6 Å². The molecule has 0 aliphatic heterocycles. The highest BCUT2D eigenvalue weighted by Gasteiger charge is 2.23. The topological polar surface area (TPSA) is 82.2 Å². The zero-order chi connectivity index (χ0) is 24.4. The highest BCUT2D eigenvalue weighted by atomic mass is 35.5. The Morgan fingerprint density at radius 3 is 2.65 bits per heavy atom. The molecule has 1 N–H and O–H groups in total. The minimum atomic E-state index is -0.375. The van der Waals surface area contributed by atoms with Crippen LogP contribution in [0.3, 0.4) is 0 Å².